The predicted octanol–water partition coefficient (Wildman–Crippen LogP) is 2.12. The molecular formula is C19H26N4O2. The first-order chi connectivity index (χ1) is 12.2. The van der Waals surface area contributed by atoms with Crippen LogP contribution in [0.3, 0.4) is 0 Å². The van der Waals surface area contributed by atoms with Crippen LogP contribution in [0.1, 0.15) is 31.2 Å². The maximum absolute atomic E-state index is 12.5. The molecule has 3 heterocycles. The Kier molecular flexibility index (Phi) is 4.61. The van der Waals surface area contributed by atoms with Crippen molar-refractivity contribution in [3.63, 3.8) is 0 Å². The highest BCUT2D eigenvalue weighted by atomic mass is 16.2. The van der Waals surface area contributed by atoms with E-state index in [0.29, 0.717) is 18.6 Å². The summed E-state index contributed by atoms with van der Waals surface area (Å²) in [5.41, 5.74) is 2.15. The first-order valence-electron chi connectivity index (χ1n) is 9.33. The van der Waals surface area contributed by atoms with E-state index < -0.39 is 0 Å². The molecule has 6 nitrogen and oxygen atoms in total. The van der Waals surface area contributed by atoms with Crippen LogP contribution in [0.25, 0.3) is 0 Å². The second-order valence-corrected chi connectivity index (χ2v) is 7.35. The number of piperidine rings is 2. The van der Waals surface area contributed by atoms with Gasteiger partial charge in [0.2, 0.25) is 6.41 Å². The molecule has 0 aromatic heterocycles. The number of urea groups is 1. The van der Waals surface area contributed by atoms with Gasteiger partial charge in [0.15, 0.2) is 0 Å². The summed E-state index contributed by atoms with van der Waals surface area (Å²) in [6, 6.07) is 9.01. The molecule has 1 N–H and O–H groups in total. The number of hydrogen-bond acceptors (Lipinski definition) is 3. The lowest BCUT2D eigenvalue weighted by Crippen LogP contribution is -2.53. The summed E-state index contributed by atoms with van der Waals surface area (Å²) >= 11 is 0. The van der Waals surface area contributed by atoms with Crippen LogP contribution in [0.2, 0.25) is 0 Å². The molecule has 3 aliphatic heterocycles. The van der Waals surface area contributed by atoms with Crippen molar-refractivity contribution in [2.75, 3.05) is 31.5 Å². The summed E-state index contributed by atoms with van der Waals surface area (Å²) in [4.78, 5) is 29.8. The van der Waals surface area contributed by atoms with Crippen LogP contribution >= 0.6 is 0 Å². The number of carbonyl (C=O) groups excluding carboxylic acids is 2. The Morgan fingerprint density at radius 1 is 0.960 bits per heavy atom. The first-order valence-corrected chi connectivity index (χ1v) is 9.33. The van der Waals surface area contributed by atoms with Crippen LogP contribution in [-0.4, -0.2) is 65.4 Å². The van der Waals surface area contributed by atoms with Crippen molar-refractivity contribution < 1.29 is 9.59 Å². The highest BCUT2D eigenvalue weighted by Crippen LogP contribution is 2.29. The number of rotatable bonds is 3. The predicted molar refractivity (Wildman–Crippen MR) is 96.3 cm³/mol. The van der Waals surface area contributed by atoms with Crippen molar-refractivity contribution >= 4 is 18.1 Å². The number of nitrogens with one attached hydrogen (secondary N) is 1. The fraction of sp³-hybridized carbons (Fsp3) is 0.579. The van der Waals surface area contributed by atoms with Gasteiger partial charge in [-0.05, 0) is 37.3 Å². The van der Waals surface area contributed by atoms with E-state index in [2.05, 4.69) is 16.3 Å². The zero-order valence-electron chi connectivity index (χ0n) is 14.6. The molecule has 3 amide bonds. The number of anilines is 1. The maximum atomic E-state index is 12.5. The lowest BCUT2D eigenvalue weighted by Gasteiger charge is -2.44. The number of carbonyl (C=O) groups is 2. The smallest absolute Gasteiger partial charge is 0.322 e. The summed E-state index contributed by atoms with van der Waals surface area (Å²) in [5, 5.41) is 3.03. The Balaban J connectivity index is 1.33. The quantitative estimate of drug-likeness (QED) is 0.856. The van der Waals surface area contributed by atoms with Crippen molar-refractivity contribution in [3.05, 3.63) is 29.8 Å². The minimum absolute atomic E-state index is 0.0384. The Bertz CT molecular complexity index is 634. The normalized spacial score (nSPS) is 23.3. The number of amides is 3. The number of benzene rings is 1. The van der Waals surface area contributed by atoms with Gasteiger partial charge in [0, 0.05) is 50.5 Å². The van der Waals surface area contributed by atoms with Crippen LogP contribution in [0.4, 0.5) is 10.5 Å². The van der Waals surface area contributed by atoms with Crippen molar-refractivity contribution in [3.8, 4) is 0 Å². The molecule has 0 spiro atoms. The van der Waals surface area contributed by atoms with E-state index in [1.54, 1.807) is 0 Å². The van der Waals surface area contributed by atoms with E-state index in [1.807, 2.05) is 28.0 Å². The number of likely N-dealkylation sites (tertiary alicyclic amines) is 2. The number of para-hydroxylation sites is 1. The molecule has 25 heavy (non-hydrogen) atoms. The van der Waals surface area contributed by atoms with Gasteiger partial charge in [0.05, 0.1) is 0 Å². The van der Waals surface area contributed by atoms with Gasteiger partial charge in [0.1, 0.15) is 0 Å². The van der Waals surface area contributed by atoms with Crippen molar-refractivity contribution in [1.82, 2.24) is 14.7 Å². The average molecular weight is 342 g/mol. The van der Waals surface area contributed by atoms with Crippen LogP contribution < -0.4 is 5.32 Å². The molecular weight excluding hydrogens is 316 g/mol. The molecule has 0 unspecified atom stereocenters. The molecule has 4 rings (SSSR count). The highest BCUT2D eigenvalue weighted by molar-refractivity contribution is 5.92. The van der Waals surface area contributed by atoms with Gasteiger partial charge in [-0.15, -0.1) is 0 Å². The SMILES string of the molecule is O=CN1CCC(N2CCC(N3Cc4ccccc4NC3=O)CC2)CC1. The number of fused-ring (bicyclic) bond motifs is 1. The van der Waals surface area contributed by atoms with E-state index in [1.165, 1.54) is 5.56 Å². The topological polar surface area (TPSA) is 55.9 Å². The Hall–Kier alpha value is -2.08. The molecule has 1 aromatic rings. The standard InChI is InChI=1S/C19H26N4O2/c24-14-21-9-5-16(6-10-21)22-11-7-17(8-12-22)23-13-15-3-1-2-4-18(15)20-19(23)25/h1-4,14,16-17H,5-13H2,(H,20,25). The highest BCUT2D eigenvalue weighted by Gasteiger charge is 2.33. The second-order valence-electron chi connectivity index (χ2n) is 7.35. The molecule has 2 saturated heterocycles. The van der Waals surface area contributed by atoms with Gasteiger partial charge < -0.3 is 20.0 Å². The van der Waals surface area contributed by atoms with Crippen molar-refractivity contribution in [1.29, 1.82) is 0 Å². The minimum atomic E-state index is 0.0384. The maximum Gasteiger partial charge on any atom is 0.322 e. The molecule has 0 bridgehead atoms. The molecule has 6 heteroatoms. The molecule has 0 atom stereocenters. The van der Waals surface area contributed by atoms with E-state index in [0.717, 1.165) is 64.0 Å². The Morgan fingerprint density at radius 2 is 1.64 bits per heavy atom. The van der Waals surface area contributed by atoms with Gasteiger partial charge in [0.25, 0.3) is 0 Å². The van der Waals surface area contributed by atoms with Gasteiger partial charge in [-0.25, -0.2) is 4.79 Å². The summed E-state index contributed by atoms with van der Waals surface area (Å²) < 4.78 is 0. The second kappa shape index (κ2) is 7.04. The van der Waals surface area contributed by atoms with Crippen LogP contribution in [0.15, 0.2) is 24.3 Å². The lowest BCUT2D eigenvalue weighted by molar-refractivity contribution is -0.119. The molecule has 2 fully saturated rings. The molecule has 0 aliphatic carbocycles. The number of nitrogens with zero attached hydrogens (tertiary/aromatic N) is 3. The monoisotopic (exact) mass is 342 g/mol. The Morgan fingerprint density at radius 3 is 2.36 bits per heavy atom. The third-order valence-electron chi connectivity index (χ3n) is 5.96. The van der Waals surface area contributed by atoms with E-state index in [4.69, 9.17) is 0 Å². The molecule has 134 valence electrons. The molecule has 0 radical (unpaired) electrons. The van der Waals surface area contributed by atoms with Crippen LogP contribution in [-0.2, 0) is 11.3 Å². The largest absolute Gasteiger partial charge is 0.345 e. The van der Waals surface area contributed by atoms with E-state index in [9.17, 15) is 9.59 Å². The lowest BCUT2D eigenvalue weighted by atomic mass is 9.96. The summed E-state index contributed by atoms with van der Waals surface area (Å²) in [6.07, 6.45) is 5.17. The zero-order chi connectivity index (χ0) is 17.2. The van der Waals surface area contributed by atoms with Crippen molar-refractivity contribution in [2.24, 2.45) is 0 Å². The minimum Gasteiger partial charge on any atom is -0.345 e. The third-order valence-corrected chi connectivity index (χ3v) is 5.96. The van der Waals surface area contributed by atoms with Gasteiger partial charge >= 0.3 is 6.03 Å². The Labute approximate surface area is 148 Å². The van der Waals surface area contributed by atoms with Gasteiger partial charge in [-0.1, -0.05) is 18.2 Å². The van der Waals surface area contributed by atoms with Gasteiger partial charge in [-0.2, -0.15) is 0 Å². The fourth-order valence-electron chi connectivity index (χ4n) is 4.44. The van der Waals surface area contributed by atoms with Crippen LogP contribution in [0, 0.1) is 0 Å². The summed E-state index contributed by atoms with van der Waals surface area (Å²) in [5.74, 6) is 0. The first kappa shape index (κ1) is 16.4. The summed E-state index contributed by atoms with van der Waals surface area (Å²) in [6.45, 7) is 4.55. The van der Waals surface area contributed by atoms with E-state index in [-0.39, 0.29) is 6.03 Å². The molecule has 0 saturated carbocycles. The molecule has 3 aliphatic rings. The number of hydrogen-bond donors (Lipinski definition) is 1. The summed E-state index contributed by atoms with van der Waals surface area (Å²) in [7, 11) is 0. The molecule has 1 aromatic carbocycles. The van der Waals surface area contributed by atoms with Crippen LogP contribution in [0.5, 0.6) is 0 Å². The van der Waals surface area contributed by atoms with E-state index >= 15 is 0 Å². The van der Waals surface area contributed by atoms with Crippen molar-refractivity contribution in [2.45, 2.75) is 44.3 Å². The zero-order valence-corrected chi connectivity index (χ0v) is 14.6. The van der Waals surface area contributed by atoms with Gasteiger partial charge in [-0.3, -0.25) is 4.79 Å². The third kappa shape index (κ3) is 3.35. The average Bonchev–Trinajstić information content (AvgIpc) is 2.68. The fourth-order valence-corrected chi connectivity index (χ4v) is 4.44.